The molecular weight excluding hydrogens is 266 g/mol. The average molecular weight is 279 g/mol. The molecule has 6 nitrogen and oxygen atoms in total. The molecule has 19 heavy (non-hydrogen) atoms. The number of nitrogens with zero attached hydrogens (tertiary/aromatic N) is 2. The molecule has 0 bridgehead atoms. The quantitative estimate of drug-likeness (QED) is 0.649. The van der Waals surface area contributed by atoms with Crippen LogP contribution >= 0.6 is 11.3 Å². The lowest BCUT2D eigenvalue weighted by atomic mass is 10.2. The minimum atomic E-state index is -0.425. The topological polar surface area (TPSA) is 77.3 Å². The van der Waals surface area contributed by atoms with Gasteiger partial charge < -0.3 is 10.1 Å². The number of nitro benzene ring substituents is 1. The second kappa shape index (κ2) is 6.14. The van der Waals surface area contributed by atoms with Crippen molar-refractivity contribution >= 4 is 22.7 Å². The molecule has 1 aromatic carbocycles. The summed E-state index contributed by atoms with van der Waals surface area (Å²) in [6.07, 6.45) is 0. The van der Waals surface area contributed by atoms with Crippen molar-refractivity contribution in [2.75, 3.05) is 11.9 Å². The molecule has 0 radical (unpaired) electrons. The highest BCUT2D eigenvalue weighted by molar-refractivity contribution is 7.07. The molecule has 0 saturated heterocycles. The number of nitro groups is 1. The first kappa shape index (κ1) is 13.3. The van der Waals surface area contributed by atoms with Gasteiger partial charge in [0, 0.05) is 5.38 Å². The number of thiazole rings is 1. The van der Waals surface area contributed by atoms with E-state index in [2.05, 4.69) is 10.3 Å². The Hall–Kier alpha value is -2.15. The molecule has 1 N–H and O–H groups in total. The van der Waals surface area contributed by atoms with Crippen LogP contribution in [0.4, 0.5) is 11.4 Å². The van der Waals surface area contributed by atoms with Gasteiger partial charge >= 0.3 is 0 Å². The Labute approximate surface area is 114 Å². The normalized spacial score (nSPS) is 10.2. The van der Waals surface area contributed by atoms with Crippen LogP contribution in [0.25, 0.3) is 0 Å². The van der Waals surface area contributed by atoms with E-state index in [1.54, 1.807) is 17.6 Å². The fourth-order valence-electron chi connectivity index (χ4n) is 1.58. The summed E-state index contributed by atoms with van der Waals surface area (Å²) in [6, 6.07) is 4.78. The van der Waals surface area contributed by atoms with Gasteiger partial charge in [0.25, 0.3) is 5.69 Å². The highest BCUT2D eigenvalue weighted by Crippen LogP contribution is 2.29. The van der Waals surface area contributed by atoms with Crippen molar-refractivity contribution in [1.82, 2.24) is 4.98 Å². The number of ether oxygens (including phenoxy) is 1. The van der Waals surface area contributed by atoms with Gasteiger partial charge in [-0.15, -0.1) is 11.3 Å². The van der Waals surface area contributed by atoms with Crippen molar-refractivity contribution in [2.24, 2.45) is 0 Å². The van der Waals surface area contributed by atoms with E-state index in [4.69, 9.17) is 4.74 Å². The number of rotatable bonds is 6. The van der Waals surface area contributed by atoms with Crippen LogP contribution < -0.4 is 10.1 Å². The fraction of sp³-hybridized carbons (Fsp3) is 0.250. The molecule has 7 heteroatoms. The molecule has 0 atom stereocenters. The third-order valence-electron chi connectivity index (χ3n) is 2.42. The molecule has 100 valence electrons. The van der Waals surface area contributed by atoms with Crippen molar-refractivity contribution in [3.63, 3.8) is 0 Å². The summed E-state index contributed by atoms with van der Waals surface area (Å²) in [5, 5.41) is 15.9. The minimum absolute atomic E-state index is 0.00109. The third-order valence-corrected chi connectivity index (χ3v) is 3.06. The summed E-state index contributed by atoms with van der Waals surface area (Å²) in [4.78, 5) is 14.7. The third kappa shape index (κ3) is 3.41. The smallest absolute Gasteiger partial charge is 0.296 e. The van der Waals surface area contributed by atoms with Crippen molar-refractivity contribution in [1.29, 1.82) is 0 Å². The summed E-state index contributed by atoms with van der Waals surface area (Å²) in [5.74, 6) is 0.494. The lowest BCUT2D eigenvalue weighted by Gasteiger charge is -2.08. The minimum Gasteiger partial charge on any atom is -0.494 e. The zero-order valence-corrected chi connectivity index (χ0v) is 11.1. The van der Waals surface area contributed by atoms with Gasteiger partial charge in [-0.05, 0) is 19.1 Å². The van der Waals surface area contributed by atoms with Crippen molar-refractivity contribution in [2.45, 2.75) is 13.5 Å². The molecule has 0 aliphatic carbocycles. The molecule has 2 rings (SSSR count). The molecule has 0 spiro atoms. The van der Waals surface area contributed by atoms with Gasteiger partial charge in [-0.25, -0.2) is 4.98 Å². The predicted octanol–water partition coefficient (Wildman–Crippen LogP) is 3.06. The zero-order chi connectivity index (χ0) is 13.7. The van der Waals surface area contributed by atoms with Gasteiger partial charge in [0.15, 0.2) is 0 Å². The van der Waals surface area contributed by atoms with E-state index < -0.39 is 4.92 Å². The van der Waals surface area contributed by atoms with Gasteiger partial charge in [0.2, 0.25) is 0 Å². The summed E-state index contributed by atoms with van der Waals surface area (Å²) >= 11 is 1.49. The van der Waals surface area contributed by atoms with Gasteiger partial charge in [0.05, 0.1) is 35.3 Å². The zero-order valence-electron chi connectivity index (χ0n) is 10.3. The maximum atomic E-state index is 11.0. The van der Waals surface area contributed by atoms with Crippen LogP contribution in [0.3, 0.4) is 0 Å². The SMILES string of the molecule is CCOc1ccc(NCc2cscn2)c([N+](=O)[O-])c1. The monoisotopic (exact) mass is 279 g/mol. The standard InChI is InChI=1S/C12H13N3O3S/c1-2-18-10-3-4-11(12(5-10)15(16)17)13-6-9-7-19-8-14-9/h3-5,7-8,13H,2,6H2,1H3. The summed E-state index contributed by atoms with van der Waals surface area (Å²) in [6.45, 7) is 2.77. The van der Waals surface area contributed by atoms with Crippen LogP contribution in [-0.4, -0.2) is 16.5 Å². The van der Waals surface area contributed by atoms with Crippen LogP contribution in [0.1, 0.15) is 12.6 Å². The van der Waals surface area contributed by atoms with Crippen LogP contribution in [0, 0.1) is 10.1 Å². The molecule has 0 fully saturated rings. The molecule has 0 saturated carbocycles. The van der Waals surface area contributed by atoms with E-state index >= 15 is 0 Å². The number of aromatic nitrogens is 1. The number of hydrogen-bond acceptors (Lipinski definition) is 6. The van der Waals surface area contributed by atoms with Gasteiger partial charge in [-0.2, -0.15) is 0 Å². The lowest BCUT2D eigenvalue weighted by molar-refractivity contribution is -0.384. The van der Waals surface area contributed by atoms with E-state index in [-0.39, 0.29) is 5.69 Å². The van der Waals surface area contributed by atoms with E-state index in [0.29, 0.717) is 24.6 Å². The molecule has 2 aromatic rings. The first-order chi connectivity index (χ1) is 9.20. The molecular formula is C12H13N3O3S. The Morgan fingerprint density at radius 2 is 2.37 bits per heavy atom. The Balaban J connectivity index is 2.16. The summed E-state index contributed by atoms with van der Waals surface area (Å²) < 4.78 is 5.26. The maximum Gasteiger partial charge on any atom is 0.296 e. The van der Waals surface area contributed by atoms with E-state index in [9.17, 15) is 10.1 Å². The average Bonchev–Trinajstić information content (AvgIpc) is 2.90. The summed E-state index contributed by atoms with van der Waals surface area (Å²) in [5.41, 5.74) is 3.04. The van der Waals surface area contributed by atoms with Crippen LogP contribution in [-0.2, 0) is 6.54 Å². The van der Waals surface area contributed by atoms with Crippen LogP contribution in [0.15, 0.2) is 29.1 Å². The Morgan fingerprint density at radius 3 is 3.00 bits per heavy atom. The second-order valence-corrected chi connectivity index (χ2v) is 4.42. The highest BCUT2D eigenvalue weighted by atomic mass is 32.1. The maximum absolute atomic E-state index is 11.0. The predicted molar refractivity (Wildman–Crippen MR) is 73.7 cm³/mol. The van der Waals surface area contributed by atoms with Crippen molar-refractivity contribution in [3.8, 4) is 5.75 Å². The fourth-order valence-corrected chi connectivity index (χ4v) is 2.14. The van der Waals surface area contributed by atoms with E-state index in [1.807, 2.05) is 12.3 Å². The summed E-state index contributed by atoms with van der Waals surface area (Å²) in [7, 11) is 0. The van der Waals surface area contributed by atoms with Crippen LogP contribution in [0.5, 0.6) is 5.75 Å². The Bertz CT molecular complexity index is 557. The van der Waals surface area contributed by atoms with Crippen molar-refractivity contribution in [3.05, 3.63) is 44.9 Å². The Kier molecular flexibility index (Phi) is 4.30. The van der Waals surface area contributed by atoms with E-state index in [0.717, 1.165) is 5.69 Å². The first-order valence-corrected chi connectivity index (χ1v) is 6.67. The number of benzene rings is 1. The van der Waals surface area contributed by atoms with Gasteiger partial charge in [-0.3, -0.25) is 10.1 Å². The molecule has 0 amide bonds. The molecule has 1 heterocycles. The second-order valence-electron chi connectivity index (χ2n) is 3.70. The van der Waals surface area contributed by atoms with E-state index in [1.165, 1.54) is 17.4 Å². The molecule has 0 aliphatic rings. The number of anilines is 1. The molecule has 1 aromatic heterocycles. The Morgan fingerprint density at radius 1 is 1.53 bits per heavy atom. The van der Waals surface area contributed by atoms with Gasteiger partial charge in [-0.1, -0.05) is 0 Å². The van der Waals surface area contributed by atoms with Crippen molar-refractivity contribution < 1.29 is 9.66 Å². The number of nitrogens with one attached hydrogen (secondary N) is 1. The van der Waals surface area contributed by atoms with Gasteiger partial charge in [0.1, 0.15) is 11.4 Å². The largest absolute Gasteiger partial charge is 0.494 e. The first-order valence-electron chi connectivity index (χ1n) is 5.73. The van der Waals surface area contributed by atoms with Crippen LogP contribution in [0.2, 0.25) is 0 Å². The number of hydrogen-bond donors (Lipinski definition) is 1. The molecule has 0 aliphatic heterocycles. The lowest BCUT2D eigenvalue weighted by Crippen LogP contribution is -2.03. The highest BCUT2D eigenvalue weighted by Gasteiger charge is 2.15. The molecule has 0 unspecified atom stereocenters.